The predicted molar refractivity (Wildman–Crippen MR) is 147 cm³/mol. The quantitative estimate of drug-likeness (QED) is 0.366. The van der Waals surface area contributed by atoms with Crippen LogP contribution in [-0.4, -0.2) is 11.7 Å². The van der Waals surface area contributed by atoms with Crippen LogP contribution in [0, 0.1) is 5.41 Å². The average molecular weight is 540 g/mol. The summed E-state index contributed by atoms with van der Waals surface area (Å²) in [6.45, 7) is 4.18. The van der Waals surface area contributed by atoms with Crippen molar-refractivity contribution in [1.29, 1.82) is 0 Å². The highest BCUT2D eigenvalue weighted by atomic mass is 35.5. The van der Waals surface area contributed by atoms with Crippen molar-refractivity contribution in [3.63, 3.8) is 0 Å². The number of para-hydroxylation sites is 2. The highest BCUT2D eigenvalue weighted by molar-refractivity contribution is 6.42. The Labute approximate surface area is 225 Å². The molecular weight excluding hydrogens is 515 g/mol. The van der Waals surface area contributed by atoms with Crippen molar-refractivity contribution in [2.24, 2.45) is 5.41 Å². The normalized spacial score (nSPS) is 18.8. The lowest BCUT2D eigenvalue weighted by molar-refractivity contribution is -0.119. The van der Waals surface area contributed by atoms with Crippen LogP contribution < -0.4 is 10.2 Å². The Morgan fingerprint density at radius 1 is 0.972 bits per heavy atom. The van der Waals surface area contributed by atoms with E-state index in [-0.39, 0.29) is 23.5 Å². The molecule has 0 saturated carbocycles. The Hall–Kier alpha value is -2.79. The number of halogens is 3. The molecule has 0 spiro atoms. The number of fused-ring (bicyclic) bond motifs is 1. The second kappa shape index (κ2) is 9.59. The second-order valence-electron chi connectivity index (χ2n) is 10.1. The van der Waals surface area contributed by atoms with Crippen LogP contribution >= 0.6 is 34.8 Å². The van der Waals surface area contributed by atoms with Gasteiger partial charge in [0.2, 0.25) is 5.91 Å². The largest absolute Gasteiger partial charge is 0.357 e. The van der Waals surface area contributed by atoms with Gasteiger partial charge in [-0.15, -0.1) is 0 Å². The molecule has 1 atom stereocenters. The van der Waals surface area contributed by atoms with Gasteiger partial charge in [0.1, 0.15) is 0 Å². The summed E-state index contributed by atoms with van der Waals surface area (Å²) in [4.78, 5) is 29.6. The predicted octanol–water partition coefficient (Wildman–Crippen LogP) is 8.03. The number of hydrogen-bond donors (Lipinski definition) is 1. The number of benzene rings is 3. The lowest BCUT2D eigenvalue weighted by Gasteiger charge is -2.37. The molecule has 0 radical (unpaired) electrons. The molecule has 5 rings (SSSR count). The van der Waals surface area contributed by atoms with E-state index in [1.165, 1.54) is 0 Å². The zero-order chi connectivity index (χ0) is 25.6. The highest BCUT2D eigenvalue weighted by Crippen LogP contribution is 2.49. The van der Waals surface area contributed by atoms with Crippen LogP contribution in [0.3, 0.4) is 0 Å². The molecule has 4 nitrogen and oxygen atoms in total. The van der Waals surface area contributed by atoms with Crippen LogP contribution in [0.1, 0.15) is 43.9 Å². The minimum Gasteiger partial charge on any atom is -0.357 e. The van der Waals surface area contributed by atoms with Gasteiger partial charge in [-0.1, -0.05) is 79.0 Å². The first-order valence-electron chi connectivity index (χ1n) is 11.8. The first-order chi connectivity index (χ1) is 17.1. The summed E-state index contributed by atoms with van der Waals surface area (Å²) in [6.07, 6.45) is 1.21. The van der Waals surface area contributed by atoms with Crippen molar-refractivity contribution in [2.75, 3.05) is 10.2 Å². The lowest BCUT2D eigenvalue weighted by Crippen LogP contribution is -2.40. The number of carbonyl (C=O) groups excluding carboxylic acids is 2. The number of Topliss-reactive ketones (excluding diaryl/α,β-unsaturated/α-hetero) is 1. The third-order valence-electron chi connectivity index (χ3n) is 6.70. The van der Waals surface area contributed by atoms with Crippen LogP contribution in [0.2, 0.25) is 15.1 Å². The van der Waals surface area contributed by atoms with Gasteiger partial charge in [-0.25, -0.2) is 0 Å². The van der Waals surface area contributed by atoms with E-state index < -0.39 is 6.04 Å². The van der Waals surface area contributed by atoms with Crippen LogP contribution in [0.25, 0.3) is 0 Å². The molecule has 1 unspecified atom stereocenters. The minimum atomic E-state index is -0.658. The summed E-state index contributed by atoms with van der Waals surface area (Å²) in [7, 11) is 0. The molecule has 7 heteroatoms. The Morgan fingerprint density at radius 2 is 1.69 bits per heavy atom. The third kappa shape index (κ3) is 4.78. The van der Waals surface area contributed by atoms with E-state index in [9.17, 15) is 9.59 Å². The number of allylic oxidation sites excluding steroid dienone is 1. The van der Waals surface area contributed by atoms with Gasteiger partial charge in [0.15, 0.2) is 5.78 Å². The van der Waals surface area contributed by atoms with Crippen molar-refractivity contribution in [3.8, 4) is 0 Å². The van der Waals surface area contributed by atoms with Crippen molar-refractivity contribution in [2.45, 2.75) is 39.2 Å². The molecule has 1 aliphatic heterocycles. The van der Waals surface area contributed by atoms with E-state index in [0.29, 0.717) is 39.2 Å². The standard InChI is InChI=1S/C29H25Cl3N2O2/c1-29(2)15-23-27(25(35)16-29)28(18-9-12-20(31)21(32)14-18)34(24-6-4-3-5-22(24)33-23)26(36)13-17-7-10-19(30)11-8-17/h3-12,14,28,33H,13,15-16H2,1-2H3. The Bertz CT molecular complexity index is 1400. The van der Waals surface area contributed by atoms with Crippen molar-refractivity contribution >= 4 is 57.9 Å². The summed E-state index contributed by atoms with van der Waals surface area (Å²) in [5.41, 5.74) is 4.26. The van der Waals surface area contributed by atoms with Gasteiger partial charge in [-0.2, -0.15) is 0 Å². The number of amides is 1. The number of anilines is 2. The summed E-state index contributed by atoms with van der Waals surface area (Å²) >= 11 is 18.7. The molecule has 0 aromatic heterocycles. The van der Waals surface area contributed by atoms with Crippen molar-refractivity contribution < 1.29 is 9.59 Å². The summed E-state index contributed by atoms with van der Waals surface area (Å²) in [5.74, 6) is -0.129. The SMILES string of the molecule is CC1(C)CC(=O)C2=C(C1)Nc1ccccc1N(C(=O)Cc1ccc(Cl)cc1)C2c1ccc(Cl)c(Cl)c1. The maximum absolute atomic E-state index is 14.1. The van der Waals surface area contributed by atoms with E-state index in [4.69, 9.17) is 34.8 Å². The van der Waals surface area contributed by atoms with Gasteiger partial charge in [-0.3, -0.25) is 14.5 Å². The van der Waals surface area contributed by atoms with Gasteiger partial charge in [0.05, 0.1) is 33.9 Å². The van der Waals surface area contributed by atoms with E-state index in [2.05, 4.69) is 19.2 Å². The first-order valence-corrected chi connectivity index (χ1v) is 12.9. The van der Waals surface area contributed by atoms with Crippen LogP contribution in [0.4, 0.5) is 11.4 Å². The number of rotatable bonds is 3. The molecule has 1 heterocycles. The third-order valence-corrected chi connectivity index (χ3v) is 7.69. The molecule has 1 amide bonds. The van der Waals surface area contributed by atoms with Gasteiger partial charge in [-0.05, 0) is 59.4 Å². The number of nitrogens with zero attached hydrogens (tertiary/aromatic N) is 1. The zero-order valence-electron chi connectivity index (χ0n) is 19.9. The van der Waals surface area contributed by atoms with E-state index in [1.807, 2.05) is 42.5 Å². The fourth-order valence-electron chi connectivity index (χ4n) is 5.12. The molecule has 36 heavy (non-hydrogen) atoms. The van der Waals surface area contributed by atoms with E-state index in [0.717, 1.165) is 22.5 Å². The number of nitrogens with one attached hydrogen (secondary N) is 1. The smallest absolute Gasteiger partial charge is 0.232 e. The lowest BCUT2D eigenvalue weighted by atomic mass is 9.73. The van der Waals surface area contributed by atoms with E-state index in [1.54, 1.807) is 29.2 Å². The molecule has 3 aromatic rings. The maximum atomic E-state index is 14.1. The van der Waals surface area contributed by atoms with Gasteiger partial charge < -0.3 is 5.32 Å². The Kier molecular flexibility index (Phi) is 6.63. The Balaban J connectivity index is 1.72. The number of carbonyl (C=O) groups is 2. The fourth-order valence-corrected chi connectivity index (χ4v) is 5.55. The number of hydrogen-bond acceptors (Lipinski definition) is 3. The second-order valence-corrected chi connectivity index (χ2v) is 11.4. The monoisotopic (exact) mass is 538 g/mol. The van der Waals surface area contributed by atoms with Gasteiger partial charge in [0, 0.05) is 22.7 Å². The summed E-state index contributed by atoms with van der Waals surface area (Å²) in [6, 6.07) is 19.5. The number of ketones is 1. The molecule has 1 aliphatic carbocycles. The molecule has 0 fully saturated rings. The topological polar surface area (TPSA) is 49.4 Å². The molecule has 1 N–H and O–H groups in total. The fraction of sp³-hybridized carbons (Fsp3) is 0.241. The van der Waals surface area contributed by atoms with Crippen molar-refractivity contribution in [1.82, 2.24) is 0 Å². The minimum absolute atomic E-state index is 0.0157. The molecule has 0 bridgehead atoms. The summed E-state index contributed by atoms with van der Waals surface area (Å²) in [5, 5.41) is 4.91. The highest BCUT2D eigenvalue weighted by Gasteiger charge is 2.43. The molecule has 2 aliphatic rings. The van der Waals surface area contributed by atoms with Gasteiger partial charge in [0.25, 0.3) is 0 Å². The van der Waals surface area contributed by atoms with Crippen molar-refractivity contribution in [3.05, 3.63) is 104 Å². The van der Waals surface area contributed by atoms with Crippen LogP contribution in [0.15, 0.2) is 78.0 Å². The molecular formula is C29H25Cl3N2O2. The van der Waals surface area contributed by atoms with Crippen LogP contribution in [0.5, 0.6) is 0 Å². The molecule has 0 saturated heterocycles. The van der Waals surface area contributed by atoms with Crippen LogP contribution in [-0.2, 0) is 16.0 Å². The molecule has 3 aromatic carbocycles. The zero-order valence-corrected chi connectivity index (χ0v) is 22.2. The van der Waals surface area contributed by atoms with E-state index >= 15 is 0 Å². The van der Waals surface area contributed by atoms with Gasteiger partial charge >= 0.3 is 0 Å². The maximum Gasteiger partial charge on any atom is 0.232 e. The summed E-state index contributed by atoms with van der Waals surface area (Å²) < 4.78 is 0. The molecule has 184 valence electrons. The average Bonchev–Trinajstić information content (AvgIpc) is 2.96. The first kappa shape index (κ1) is 24.9. The Morgan fingerprint density at radius 3 is 2.42 bits per heavy atom.